The third-order valence-corrected chi connectivity index (χ3v) is 3.02. The largest absolute Gasteiger partial charge is 0.441 e. The number of nitrogens with zero attached hydrogens (tertiary/aromatic N) is 1. The predicted molar refractivity (Wildman–Crippen MR) is 78.4 cm³/mol. The first-order valence-electron chi connectivity index (χ1n) is 6.58. The molecule has 0 aliphatic carbocycles. The number of hydrogen-bond donors (Lipinski definition) is 2. The molecule has 1 amide bonds. The minimum absolute atomic E-state index is 0.00242. The summed E-state index contributed by atoms with van der Waals surface area (Å²) < 4.78 is 5.45. The molecule has 1 atom stereocenters. The van der Waals surface area contributed by atoms with E-state index < -0.39 is 0 Å². The van der Waals surface area contributed by atoms with Gasteiger partial charge in [-0.3, -0.25) is 4.79 Å². The van der Waals surface area contributed by atoms with Crippen molar-refractivity contribution in [3.8, 4) is 11.3 Å². The van der Waals surface area contributed by atoms with Crippen molar-refractivity contribution in [1.29, 1.82) is 0 Å². The summed E-state index contributed by atoms with van der Waals surface area (Å²) in [5, 5.41) is 5.87. The average Bonchev–Trinajstić information content (AvgIpc) is 2.86. The summed E-state index contributed by atoms with van der Waals surface area (Å²) in [6.45, 7) is 4.35. The topological polar surface area (TPSA) is 67.2 Å². The van der Waals surface area contributed by atoms with Crippen LogP contribution < -0.4 is 10.6 Å². The molecule has 0 aliphatic heterocycles. The number of aryl methyl sites for hydroxylation is 1. The highest BCUT2D eigenvalue weighted by Crippen LogP contribution is 2.22. The predicted octanol–water partition coefficient (Wildman–Crippen LogP) is 2.44. The smallest absolute Gasteiger partial charge is 0.228 e. The van der Waals surface area contributed by atoms with Gasteiger partial charge in [0.05, 0.1) is 6.20 Å². The van der Waals surface area contributed by atoms with E-state index in [9.17, 15) is 4.79 Å². The monoisotopic (exact) mass is 273 g/mol. The highest BCUT2D eigenvalue weighted by Gasteiger charge is 2.12. The minimum Gasteiger partial charge on any atom is -0.441 e. The number of nitrogens with one attached hydrogen (secondary N) is 2. The van der Waals surface area contributed by atoms with Crippen molar-refractivity contribution >= 4 is 11.6 Å². The van der Waals surface area contributed by atoms with Crippen molar-refractivity contribution in [2.24, 2.45) is 5.92 Å². The highest BCUT2D eigenvalue weighted by molar-refractivity contribution is 5.92. The minimum atomic E-state index is -0.0726. The Hall–Kier alpha value is -2.14. The van der Waals surface area contributed by atoms with Gasteiger partial charge in [0, 0.05) is 30.6 Å². The molecule has 0 radical (unpaired) electrons. The molecule has 0 saturated carbocycles. The van der Waals surface area contributed by atoms with Gasteiger partial charge in [-0.1, -0.05) is 6.92 Å². The molecule has 1 unspecified atom stereocenters. The highest BCUT2D eigenvalue weighted by atomic mass is 16.4. The number of rotatable bonds is 5. The number of aromatic nitrogens is 1. The Morgan fingerprint density at radius 3 is 2.60 bits per heavy atom. The van der Waals surface area contributed by atoms with Crippen LogP contribution in [0.5, 0.6) is 0 Å². The molecule has 2 N–H and O–H groups in total. The van der Waals surface area contributed by atoms with Gasteiger partial charge >= 0.3 is 0 Å². The molecule has 0 saturated heterocycles. The third kappa shape index (κ3) is 3.45. The molecule has 106 valence electrons. The Kier molecular flexibility index (Phi) is 4.53. The molecule has 2 rings (SSSR count). The van der Waals surface area contributed by atoms with Gasteiger partial charge < -0.3 is 15.1 Å². The molecular weight excluding hydrogens is 254 g/mol. The van der Waals surface area contributed by atoms with E-state index >= 15 is 0 Å². The van der Waals surface area contributed by atoms with Crippen molar-refractivity contribution < 1.29 is 9.21 Å². The summed E-state index contributed by atoms with van der Waals surface area (Å²) in [5.74, 6) is 1.29. The van der Waals surface area contributed by atoms with Gasteiger partial charge in [-0.05, 0) is 31.3 Å². The van der Waals surface area contributed by atoms with Gasteiger partial charge in [0.15, 0.2) is 11.7 Å². The van der Waals surface area contributed by atoms with Crippen molar-refractivity contribution in [2.75, 3.05) is 18.9 Å². The van der Waals surface area contributed by atoms with E-state index in [2.05, 4.69) is 15.6 Å². The summed E-state index contributed by atoms with van der Waals surface area (Å²) >= 11 is 0. The van der Waals surface area contributed by atoms with E-state index in [0.717, 1.165) is 17.0 Å². The van der Waals surface area contributed by atoms with E-state index in [4.69, 9.17) is 4.42 Å². The molecule has 1 aromatic carbocycles. The molecule has 0 fully saturated rings. The van der Waals surface area contributed by atoms with E-state index in [-0.39, 0.29) is 11.8 Å². The number of benzene rings is 1. The first-order chi connectivity index (χ1) is 9.60. The number of anilines is 1. The lowest BCUT2D eigenvalue weighted by molar-refractivity contribution is -0.119. The van der Waals surface area contributed by atoms with Crippen LogP contribution in [-0.2, 0) is 4.79 Å². The summed E-state index contributed by atoms with van der Waals surface area (Å²) in [4.78, 5) is 15.9. The second-order valence-electron chi connectivity index (χ2n) is 4.77. The van der Waals surface area contributed by atoms with Crippen LogP contribution in [0.25, 0.3) is 11.3 Å². The van der Waals surface area contributed by atoms with Crippen LogP contribution >= 0.6 is 0 Å². The normalized spacial score (nSPS) is 12.2. The van der Waals surface area contributed by atoms with Gasteiger partial charge in [0.25, 0.3) is 0 Å². The molecule has 1 heterocycles. The van der Waals surface area contributed by atoms with Crippen LogP contribution in [0.15, 0.2) is 34.9 Å². The fourth-order valence-corrected chi connectivity index (χ4v) is 1.88. The van der Waals surface area contributed by atoms with Gasteiger partial charge in [0.2, 0.25) is 5.91 Å². The van der Waals surface area contributed by atoms with Crippen molar-refractivity contribution in [3.05, 3.63) is 36.4 Å². The van der Waals surface area contributed by atoms with Gasteiger partial charge in [-0.2, -0.15) is 0 Å². The Labute approximate surface area is 118 Å². The Morgan fingerprint density at radius 2 is 2.05 bits per heavy atom. The van der Waals surface area contributed by atoms with E-state index in [0.29, 0.717) is 12.4 Å². The molecule has 2 aromatic rings. The van der Waals surface area contributed by atoms with Crippen LogP contribution in [0.1, 0.15) is 12.8 Å². The van der Waals surface area contributed by atoms with Crippen LogP contribution in [0.4, 0.5) is 5.69 Å². The summed E-state index contributed by atoms with van der Waals surface area (Å²) in [6.07, 6.45) is 1.69. The summed E-state index contributed by atoms with van der Waals surface area (Å²) in [7, 11) is 1.83. The standard InChI is InChI=1S/C15H19N3O2/c1-10(8-16-3)15(19)18-13-6-4-12(5-7-13)14-9-17-11(2)20-14/h4-7,9-10,16H,8H2,1-3H3,(H,18,19). The first kappa shape index (κ1) is 14.3. The van der Waals surface area contributed by atoms with Crippen molar-refractivity contribution in [1.82, 2.24) is 10.3 Å². The lowest BCUT2D eigenvalue weighted by Gasteiger charge is -2.11. The molecule has 20 heavy (non-hydrogen) atoms. The van der Waals surface area contributed by atoms with Crippen LogP contribution in [0.3, 0.4) is 0 Å². The number of carbonyl (C=O) groups is 1. The summed E-state index contributed by atoms with van der Waals surface area (Å²) in [5.41, 5.74) is 1.71. The molecule has 0 aliphatic rings. The number of oxazole rings is 1. The number of carbonyl (C=O) groups excluding carboxylic acids is 1. The Balaban J connectivity index is 2.03. The average molecular weight is 273 g/mol. The molecule has 1 aromatic heterocycles. The first-order valence-corrected chi connectivity index (χ1v) is 6.58. The quantitative estimate of drug-likeness (QED) is 0.878. The Morgan fingerprint density at radius 1 is 1.35 bits per heavy atom. The van der Waals surface area contributed by atoms with Crippen molar-refractivity contribution in [3.63, 3.8) is 0 Å². The maximum Gasteiger partial charge on any atom is 0.228 e. The SMILES string of the molecule is CNCC(C)C(=O)Nc1ccc(-c2cnc(C)o2)cc1. The van der Waals surface area contributed by atoms with Crippen LogP contribution in [-0.4, -0.2) is 24.5 Å². The third-order valence-electron chi connectivity index (χ3n) is 3.02. The van der Waals surface area contributed by atoms with E-state index in [1.54, 1.807) is 13.1 Å². The summed E-state index contributed by atoms with van der Waals surface area (Å²) in [6, 6.07) is 7.52. The molecular formula is C15H19N3O2. The van der Waals surface area contributed by atoms with Gasteiger partial charge in [-0.25, -0.2) is 4.98 Å². The lowest BCUT2D eigenvalue weighted by Crippen LogP contribution is -2.28. The number of hydrogen-bond acceptors (Lipinski definition) is 4. The maximum atomic E-state index is 11.9. The molecule has 5 nitrogen and oxygen atoms in total. The lowest BCUT2D eigenvalue weighted by atomic mass is 10.1. The fourth-order valence-electron chi connectivity index (χ4n) is 1.88. The van der Waals surface area contributed by atoms with Gasteiger partial charge in [-0.15, -0.1) is 0 Å². The second-order valence-corrected chi connectivity index (χ2v) is 4.77. The van der Waals surface area contributed by atoms with Crippen LogP contribution in [0.2, 0.25) is 0 Å². The maximum absolute atomic E-state index is 11.9. The Bertz CT molecular complexity index is 575. The van der Waals surface area contributed by atoms with Gasteiger partial charge in [0.1, 0.15) is 0 Å². The van der Waals surface area contributed by atoms with E-state index in [1.165, 1.54) is 0 Å². The zero-order valence-electron chi connectivity index (χ0n) is 11.9. The zero-order chi connectivity index (χ0) is 14.5. The zero-order valence-corrected chi connectivity index (χ0v) is 11.9. The number of amides is 1. The van der Waals surface area contributed by atoms with E-state index in [1.807, 2.05) is 38.2 Å². The molecule has 0 bridgehead atoms. The fraction of sp³-hybridized carbons (Fsp3) is 0.333. The van der Waals surface area contributed by atoms with Crippen molar-refractivity contribution in [2.45, 2.75) is 13.8 Å². The second kappa shape index (κ2) is 6.34. The van der Waals surface area contributed by atoms with Crippen LogP contribution in [0, 0.1) is 12.8 Å². The molecule has 5 heteroatoms. The molecule has 0 spiro atoms.